The van der Waals surface area contributed by atoms with Crippen LogP contribution in [-0.2, 0) is 22.4 Å². The Kier molecular flexibility index (Phi) is 5.29. The number of para-hydroxylation sites is 2. The van der Waals surface area contributed by atoms with Gasteiger partial charge in [-0.1, -0.05) is 24.3 Å². The molecule has 1 aliphatic carbocycles. The van der Waals surface area contributed by atoms with Crippen LogP contribution in [0.15, 0.2) is 54.7 Å². The van der Waals surface area contributed by atoms with E-state index in [4.69, 9.17) is 4.74 Å². The molecule has 29 heavy (non-hydrogen) atoms. The second kappa shape index (κ2) is 8.18. The first kappa shape index (κ1) is 18.7. The van der Waals surface area contributed by atoms with Crippen molar-refractivity contribution in [3.63, 3.8) is 0 Å². The van der Waals surface area contributed by atoms with E-state index in [0.717, 1.165) is 24.1 Å². The van der Waals surface area contributed by atoms with E-state index in [1.807, 2.05) is 43.5 Å². The van der Waals surface area contributed by atoms with Crippen LogP contribution in [-0.4, -0.2) is 28.1 Å². The van der Waals surface area contributed by atoms with Crippen molar-refractivity contribution in [1.82, 2.24) is 15.5 Å². The predicted molar refractivity (Wildman–Crippen MR) is 109 cm³/mol. The summed E-state index contributed by atoms with van der Waals surface area (Å²) in [7, 11) is 0. The summed E-state index contributed by atoms with van der Waals surface area (Å²) in [6.45, 7) is 1.97. The van der Waals surface area contributed by atoms with Crippen molar-refractivity contribution >= 4 is 17.5 Å². The first-order valence-electron chi connectivity index (χ1n) is 9.55. The van der Waals surface area contributed by atoms with Gasteiger partial charge in [0.15, 0.2) is 5.75 Å². The molecule has 7 heteroatoms. The predicted octanol–water partition coefficient (Wildman–Crippen LogP) is 3.12. The van der Waals surface area contributed by atoms with Crippen LogP contribution in [0, 0.1) is 6.92 Å². The molecule has 3 N–H and O–H groups in total. The number of aryl methyl sites for hydroxylation is 2. The molecule has 7 nitrogen and oxygen atoms in total. The molecule has 0 fully saturated rings. The van der Waals surface area contributed by atoms with Crippen molar-refractivity contribution in [2.75, 3.05) is 5.32 Å². The van der Waals surface area contributed by atoms with Gasteiger partial charge in [0.05, 0.1) is 11.9 Å². The Bertz CT molecular complexity index is 1040. The zero-order valence-electron chi connectivity index (χ0n) is 16.1. The van der Waals surface area contributed by atoms with Gasteiger partial charge in [-0.3, -0.25) is 14.7 Å². The topological polar surface area (TPSA) is 96.1 Å². The number of fused-ring (bicyclic) bond motifs is 1. The van der Waals surface area contributed by atoms with Gasteiger partial charge in [-0.15, -0.1) is 0 Å². The lowest BCUT2D eigenvalue weighted by atomic mass is 9.94. The number of carbonyl (C=O) groups excluding carboxylic acids is 2. The zero-order valence-corrected chi connectivity index (χ0v) is 16.1. The number of hydrogen-bond donors (Lipinski definition) is 3. The van der Waals surface area contributed by atoms with Gasteiger partial charge in [-0.25, -0.2) is 0 Å². The number of carbonyl (C=O) groups is 2. The number of rotatable bonds is 4. The highest BCUT2D eigenvalue weighted by molar-refractivity contribution is 6.39. The fourth-order valence-electron chi connectivity index (χ4n) is 3.43. The summed E-state index contributed by atoms with van der Waals surface area (Å²) in [6.07, 6.45) is 4.05. The van der Waals surface area contributed by atoms with Gasteiger partial charge in [0.25, 0.3) is 0 Å². The Hall–Kier alpha value is -3.61. The van der Waals surface area contributed by atoms with Crippen LogP contribution in [0.4, 0.5) is 5.69 Å². The van der Waals surface area contributed by atoms with Crippen LogP contribution in [0.25, 0.3) is 0 Å². The third-order valence-corrected chi connectivity index (χ3v) is 4.91. The van der Waals surface area contributed by atoms with Crippen molar-refractivity contribution in [1.29, 1.82) is 0 Å². The number of H-pyrrole nitrogens is 1. The maximum absolute atomic E-state index is 12.4. The first-order valence-corrected chi connectivity index (χ1v) is 9.55. The van der Waals surface area contributed by atoms with E-state index in [0.29, 0.717) is 23.6 Å². The van der Waals surface area contributed by atoms with E-state index in [1.54, 1.807) is 18.2 Å². The Balaban J connectivity index is 1.40. The highest BCUT2D eigenvalue weighted by atomic mass is 16.5. The number of ether oxygens (including phenoxy) is 1. The second-order valence-electron chi connectivity index (χ2n) is 7.16. The van der Waals surface area contributed by atoms with Crippen molar-refractivity contribution in [2.45, 2.75) is 32.2 Å². The summed E-state index contributed by atoms with van der Waals surface area (Å²) in [6, 6.07) is 14.5. The van der Waals surface area contributed by atoms with Gasteiger partial charge in [-0.05, 0) is 55.2 Å². The molecular weight excluding hydrogens is 368 g/mol. The number of hydrogen-bond acceptors (Lipinski definition) is 4. The lowest BCUT2D eigenvalue weighted by Gasteiger charge is -2.22. The Morgan fingerprint density at radius 2 is 2.00 bits per heavy atom. The average molecular weight is 390 g/mol. The van der Waals surface area contributed by atoms with Crippen LogP contribution in [0.5, 0.6) is 11.5 Å². The third-order valence-electron chi connectivity index (χ3n) is 4.91. The molecule has 0 unspecified atom stereocenters. The molecule has 0 bridgehead atoms. The summed E-state index contributed by atoms with van der Waals surface area (Å²) in [5.74, 6) is -0.253. The molecule has 1 aromatic heterocycles. The normalized spacial score (nSPS) is 15.3. The molecule has 3 aromatic rings. The monoisotopic (exact) mass is 390 g/mol. The Morgan fingerprint density at radius 1 is 1.14 bits per heavy atom. The minimum absolute atomic E-state index is 0.0972. The molecule has 4 rings (SSSR count). The van der Waals surface area contributed by atoms with E-state index in [-0.39, 0.29) is 6.04 Å². The zero-order chi connectivity index (χ0) is 20.2. The summed E-state index contributed by atoms with van der Waals surface area (Å²) < 4.78 is 5.89. The number of benzene rings is 2. The largest absolute Gasteiger partial charge is 0.455 e. The van der Waals surface area contributed by atoms with Gasteiger partial charge >= 0.3 is 11.8 Å². The van der Waals surface area contributed by atoms with E-state index in [1.165, 1.54) is 5.56 Å². The third kappa shape index (κ3) is 4.45. The van der Waals surface area contributed by atoms with E-state index in [9.17, 15) is 9.59 Å². The maximum atomic E-state index is 12.4. The summed E-state index contributed by atoms with van der Waals surface area (Å²) in [4.78, 5) is 24.8. The molecule has 0 aliphatic heterocycles. The minimum Gasteiger partial charge on any atom is -0.455 e. The fraction of sp³-hybridized carbons (Fsp3) is 0.227. The second-order valence-corrected chi connectivity index (χ2v) is 7.16. The molecule has 2 amide bonds. The lowest BCUT2D eigenvalue weighted by Crippen LogP contribution is -2.44. The minimum atomic E-state index is -0.722. The van der Waals surface area contributed by atoms with Gasteiger partial charge in [0, 0.05) is 18.2 Å². The number of anilines is 1. The van der Waals surface area contributed by atoms with Crippen molar-refractivity contribution in [3.8, 4) is 11.5 Å². The van der Waals surface area contributed by atoms with Gasteiger partial charge in [0.1, 0.15) is 5.75 Å². The summed E-state index contributed by atoms with van der Waals surface area (Å²) >= 11 is 0. The first-order chi connectivity index (χ1) is 14.1. The standard InChI is InChI=1S/C22H22N4O3/c1-14-5-4-6-17(11-14)29-20-8-3-2-7-18(20)25-22(28)21(27)24-16-10-9-15-13-23-26-19(15)12-16/h2-8,11,13,16H,9-10,12H2,1H3,(H,23,26)(H,24,27)(H,25,28)/t16-/m0/s1. The molecule has 1 aliphatic rings. The lowest BCUT2D eigenvalue weighted by molar-refractivity contribution is -0.136. The number of nitrogens with one attached hydrogen (secondary N) is 3. The van der Waals surface area contributed by atoms with E-state index >= 15 is 0 Å². The quantitative estimate of drug-likeness (QED) is 0.597. The highest BCUT2D eigenvalue weighted by Crippen LogP contribution is 2.29. The van der Waals surface area contributed by atoms with E-state index in [2.05, 4.69) is 20.8 Å². The summed E-state index contributed by atoms with van der Waals surface area (Å²) in [5, 5.41) is 12.4. The van der Waals surface area contributed by atoms with Crippen LogP contribution in [0.2, 0.25) is 0 Å². The van der Waals surface area contributed by atoms with Crippen LogP contribution in [0.3, 0.4) is 0 Å². The number of aromatic amines is 1. The molecule has 1 heterocycles. The molecule has 0 saturated carbocycles. The molecule has 1 atom stereocenters. The number of aromatic nitrogens is 2. The van der Waals surface area contributed by atoms with Crippen LogP contribution < -0.4 is 15.4 Å². The van der Waals surface area contributed by atoms with Gasteiger partial charge < -0.3 is 15.4 Å². The van der Waals surface area contributed by atoms with Gasteiger partial charge in [-0.2, -0.15) is 5.10 Å². The van der Waals surface area contributed by atoms with Crippen LogP contribution in [0.1, 0.15) is 23.2 Å². The Morgan fingerprint density at radius 3 is 2.86 bits per heavy atom. The number of amides is 2. The smallest absolute Gasteiger partial charge is 0.313 e. The SMILES string of the molecule is Cc1cccc(Oc2ccccc2NC(=O)C(=O)N[C@H]2CCc3cn[nH]c3C2)c1. The molecule has 0 radical (unpaired) electrons. The van der Waals surface area contributed by atoms with Crippen molar-refractivity contribution in [2.24, 2.45) is 0 Å². The molecule has 0 spiro atoms. The summed E-state index contributed by atoms with van der Waals surface area (Å²) in [5.41, 5.74) is 3.69. The van der Waals surface area contributed by atoms with E-state index < -0.39 is 11.8 Å². The molecule has 2 aromatic carbocycles. The fourth-order valence-corrected chi connectivity index (χ4v) is 3.43. The van der Waals surface area contributed by atoms with Crippen LogP contribution >= 0.6 is 0 Å². The molecular formula is C22H22N4O3. The Labute approximate surface area is 168 Å². The van der Waals surface area contributed by atoms with Gasteiger partial charge in [0.2, 0.25) is 0 Å². The maximum Gasteiger partial charge on any atom is 0.313 e. The van der Waals surface area contributed by atoms with Crippen molar-refractivity contribution in [3.05, 3.63) is 71.5 Å². The molecule has 148 valence electrons. The molecule has 0 saturated heterocycles. The van der Waals surface area contributed by atoms with Crippen molar-refractivity contribution < 1.29 is 14.3 Å². The average Bonchev–Trinajstić information content (AvgIpc) is 3.17. The number of nitrogens with zero attached hydrogens (tertiary/aromatic N) is 1. The highest BCUT2D eigenvalue weighted by Gasteiger charge is 2.24.